The van der Waals surface area contributed by atoms with E-state index in [2.05, 4.69) is 0 Å². The number of alkyl halides is 2. The van der Waals surface area contributed by atoms with E-state index >= 15 is 0 Å². The molecule has 0 radical (unpaired) electrons. The molecule has 4 nitrogen and oxygen atoms in total. The molecule has 0 atom stereocenters. The Labute approximate surface area is 119 Å². The van der Waals surface area contributed by atoms with Crippen LogP contribution in [0.2, 0.25) is 0 Å². The average molecular weight is 290 g/mol. The molecule has 4 N–H and O–H groups in total. The zero-order chi connectivity index (χ0) is 15.4. The summed E-state index contributed by atoms with van der Waals surface area (Å²) >= 11 is 0. The molecule has 0 bridgehead atoms. The highest BCUT2D eigenvalue weighted by molar-refractivity contribution is 6.59. The molecule has 21 heavy (non-hydrogen) atoms. The predicted octanol–water partition coefficient (Wildman–Crippen LogP) is -0.833. The normalized spacial score (nSPS) is 14.6. The molecule has 0 fully saturated rings. The maximum atomic E-state index is 14.3. The van der Waals surface area contributed by atoms with Gasteiger partial charge in [0.25, 0.3) is 5.92 Å². The maximum Gasteiger partial charge on any atom is 0.488 e. The molecule has 0 aliphatic heterocycles. The van der Waals surface area contributed by atoms with Crippen LogP contribution in [0.4, 0.5) is 8.78 Å². The van der Waals surface area contributed by atoms with E-state index in [0.29, 0.717) is 0 Å². The van der Waals surface area contributed by atoms with Gasteiger partial charge in [-0.05, 0) is 22.1 Å². The van der Waals surface area contributed by atoms with Crippen LogP contribution in [0, 0.1) is 0 Å². The van der Waals surface area contributed by atoms with Gasteiger partial charge in [0.2, 0.25) is 0 Å². The summed E-state index contributed by atoms with van der Waals surface area (Å²) in [7, 11) is -3.53. The zero-order valence-corrected chi connectivity index (χ0v) is 10.7. The van der Waals surface area contributed by atoms with Crippen molar-refractivity contribution in [3.63, 3.8) is 0 Å². The summed E-state index contributed by atoms with van der Waals surface area (Å²) in [6, 6.07) is 7.30. The highest BCUT2D eigenvalue weighted by Crippen LogP contribution is 2.50. The zero-order valence-electron chi connectivity index (χ0n) is 10.7. The molecule has 0 heterocycles. The fraction of sp³-hybridized carbons (Fsp3) is 0.0769. The van der Waals surface area contributed by atoms with Crippen molar-refractivity contribution in [3.8, 4) is 11.1 Å². The third-order valence-electron chi connectivity index (χ3n) is 3.65. The first kappa shape index (κ1) is 14.2. The molecule has 1 aliphatic rings. The van der Waals surface area contributed by atoms with E-state index in [1.54, 1.807) is 0 Å². The Bertz CT molecular complexity index is 660. The molecule has 0 saturated carbocycles. The number of hydrogen-bond acceptors (Lipinski definition) is 4. The second kappa shape index (κ2) is 4.64. The Hall–Kier alpha value is -1.73. The van der Waals surface area contributed by atoms with Gasteiger partial charge in [0.05, 0.1) is 0 Å². The van der Waals surface area contributed by atoms with E-state index < -0.39 is 20.2 Å². The summed E-state index contributed by atoms with van der Waals surface area (Å²) in [5, 5.41) is 36.7. The molecular formula is C13H10B2F2O4. The number of rotatable bonds is 2. The molecule has 8 heteroatoms. The molecule has 0 saturated heterocycles. The second-order valence-electron chi connectivity index (χ2n) is 4.93. The summed E-state index contributed by atoms with van der Waals surface area (Å²) in [5.74, 6) is -3.21. The van der Waals surface area contributed by atoms with Crippen molar-refractivity contribution in [2.45, 2.75) is 5.92 Å². The van der Waals surface area contributed by atoms with E-state index in [1.165, 1.54) is 24.3 Å². The van der Waals surface area contributed by atoms with Gasteiger partial charge < -0.3 is 20.1 Å². The Morgan fingerprint density at radius 1 is 0.714 bits per heavy atom. The second-order valence-corrected chi connectivity index (χ2v) is 4.93. The third-order valence-corrected chi connectivity index (χ3v) is 3.65. The molecule has 0 amide bonds. The van der Waals surface area contributed by atoms with Crippen LogP contribution in [-0.2, 0) is 5.92 Å². The fourth-order valence-corrected chi connectivity index (χ4v) is 2.58. The summed E-state index contributed by atoms with van der Waals surface area (Å²) in [6.45, 7) is 0. The summed E-state index contributed by atoms with van der Waals surface area (Å²) in [4.78, 5) is 0. The molecule has 2 aromatic rings. The molecular weight excluding hydrogens is 280 g/mol. The highest BCUT2D eigenvalue weighted by atomic mass is 19.3. The largest absolute Gasteiger partial charge is 0.488 e. The van der Waals surface area contributed by atoms with Gasteiger partial charge in [-0.25, -0.2) is 0 Å². The van der Waals surface area contributed by atoms with Gasteiger partial charge in [-0.3, -0.25) is 0 Å². The lowest BCUT2D eigenvalue weighted by molar-refractivity contribution is 0.0480. The third kappa shape index (κ3) is 2.08. The maximum absolute atomic E-state index is 14.3. The fourth-order valence-electron chi connectivity index (χ4n) is 2.58. The number of benzene rings is 2. The quantitative estimate of drug-likeness (QED) is 0.544. The minimum absolute atomic E-state index is 0.0901. The van der Waals surface area contributed by atoms with Crippen LogP contribution in [-0.4, -0.2) is 34.3 Å². The molecule has 0 unspecified atom stereocenters. The van der Waals surface area contributed by atoms with Crippen molar-refractivity contribution in [2.24, 2.45) is 0 Å². The SMILES string of the molecule is OB(O)c1ccc2c(c1)-c1cc(B(O)O)ccc1C2(F)F. The molecule has 1 aliphatic carbocycles. The van der Waals surface area contributed by atoms with Crippen LogP contribution in [0.3, 0.4) is 0 Å². The van der Waals surface area contributed by atoms with Gasteiger partial charge in [-0.2, -0.15) is 8.78 Å². The minimum atomic E-state index is -3.21. The van der Waals surface area contributed by atoms with Gasteiger partial charge in [0, 0.05) is 11.1 Å². The topological polar surface area (TPSA) is 80.9 Å². The highest BCUT2D eigenvalue weighted by Gasteiger charge is 2.44. The van der Waals surface area contributed by atoms with E-state index in [-0.39, 0.29) is 33.2 Å². The van der Waals surface area contributed by atoms with Gasteiger partial charge in [0.15, 0.2) is 0 Å². The van der Waals surface area contributed by atoms with Crippen LogP contribution in [0.15, 0.2) is 36.4 Å². The molecule has 2 aromatic carbocycles. The standard InChI is InChI=1S/C13H10B2F2O4/c16-13(17)11-3-1-7(14(18)19)5-9(11)10-6-8(15(20)21)2-4-12(10)13/h1-6,18-21H. The van der Waals surface area contributed by atoms with Crippen molar-refractivity contribution < 1.29 is 28.9 Å². The minimum Gasteiger partial charge on any atom is -0.423 e. The van der Waals surface area contributed by atoms with Gasteiger partial charge in [0.1, 0.15) is 0 Å². The summed E-state index contributed by atoms with van der Waals surface area (Å²) < 4.78 is 28.7. The van der Waals surface area contributed by atoms with Crippen molar-refractivity contribution in [1.82, 2.24) is 0 Å². The first-order valence-corrected chi connectivity index (χ1v) is 6.21. The first-order valence-electron chi connectivity index (χ1n) is 6.21. The summed E-state index contributed by atoms with van der Waals surface area (Å²) in [6.07, 6.45) is 0. The van der Waals surface area contributed by atoms with Crippen LogP contribution < -0.4 is 10.9 Å². The Kier molecular flexibility index (Phi) is 3.14. The smallest absolute Gasteiger partial charge is 0.423 e. The van der Waals surface area contributed by atoms with Crippen molar-refractivity contribution in [1.29, 1.82) is 0 Å². The predicted molar refractivity (Wildman–Crippen MR) is 74.5 cm³/mol. The van der Waals surface area contributed by atoms with Gasteiger partial charge in [-0.1, -0.05) is 36.4 Å². The van der Waals surface area contributed by atoms with E-state index in [0.717, 1.165) is 12.1 Å². The Morgan fingerprint density at radius 2 is 1.10 bits per heavy atom. The molecule has 106 valence electrons. The molecule has 0 spiro atoms. The van der Waals surface area contributed by atoms with Crippen molar-refractivity contribution in [3.05, 3.63) is 47.5 Å². The van der Waals surface area contributed by atoms with Crippen LogP contribution in [0.25, 0.3) is 11.1 Å². The number of hydrogen-bond donors (Lipinski definition) is 4. The van der Waals surface area contributed by atoms with E-state index in [9.17, 15) is 8.78 Å². The Balaban J connectivity index is 2.26. The average Bonchev–Trinajstić information content (AvgIpc) is 2.67. The lowest BCUT2D eigenvalue weighted by atomic mass is 9.77. The molecule has 3 rings (SSSR count). The first-order chi connectivity index (χ1) is 9.82. The van der Waals surface area contributed by atoms with Crippen LogP contribution >= 0.6 is 0 Å². The molecule has 0 aromatic heterocycles. The van der Waals surface area contributed by atoms with E-state index in [1.807, 2.05) is 0 Å². The van der Waals surface area contributed by atoms with Crippen LogP contribution in [0.5, 0.6) is 0 Å². The van der Waals surface area contributed by atoms with Crippen molar-refractivity contribution in [2.75, 3.05) is 0 Å². The van der Waals surface area contributed by atoms with Gasteiger partial charge >= 0.3 is 14.2 Å². The lowest BCUT2D eigenvalue weighted by Gasteiger charge is -2.12. The Morgan fingerprint density at radius 3 is 1.43 bits per heavy atom. The van der Waals surface area contributed by atoms with Gasteiger partial charge in [-0.15, -0.1) is 0 Å². The van der Waals surface area contributed by atoms with Crippen molar-refractivity contribution >= 4 is 25.2 Å². The lowest BCUT2D eigenvalue weighted by Crippen LogP contribution is -2.30. The monoisotopic (exact) mass is 290 g/mol. The number of halogens is 2. The number of fused-ring (bicyclic) bond motifs is 3. The van der Waals surface area contributed by atoms with Crippen LogP contribution in [0.1, 0.15) is 11.1 Å². The van der Waals surface area contributed by atoms with E-state index in [4.69, 9.17) is 20.1 Å². The summed E-state index contributed by atoms with van der Waals surface area (Å²) in [5.41, 5.74) is 0.00357.